The number of rotatable bonds is 5. The Bertz CT molecular complexity index is 1450. The quantitative estimate of drug-likeness (QED) is 0.446. The van der Waals surface area contributed by atoms with E-state index < -0.39 is 0 Å². The van der Waals surface area contributed by atoms with Crippen LogP contribution in [0.15, 0.2) is 24.5 Å². The highest BCUT2D eigenvalue weighted by molar-refractivity contribution is 6.01. The van der Waals surface area contributed by atoms with Gasteiger partial charge in [0.2, 0.25) is 5.91 Å². The third-order valence-electron chi connectivity index (χ3n) is 6.56. The van der Waals surface area contributed by atoms with E-state index in [1.807, 2.05) is 11.8 Å². The van der Waals surface area contributed by atoms with E-state index in [1.165, 1.54) is 6.07 Å². The van der Waals surface area contributed by atoms with E-state index in [1.54, 1.807) is 30.0 Å². The normalized spacial score (nSPS) is 19.8. The van der Waals surface area contributed by atoms with Gasteiger partial charge in [0.05, 0.1) is 25.1 Å². The molecule has 2 N–H and O–H groups in total. The summed E-state index contributed by atoms with van der Waals surface area (Å²) in [5, 5.41) is 19.6. The first-order valence-electron chi connectivity index (χ1n) is 11.6. The van der Waals surface area contributed by atoms with Crippen molar-refractivity contribution < 1.29 is 13.9 Å². The largest absolute Gasteiger partial charge is 0.378 e. The summed E-state index contributed by atoms with van der Waals surface area (Å²) in [6, 6.07) is 3.12. The number of halogens is 1. The van der Waals surface area contributed by atoms with E-state index in [2.05, 4.69) is 35.9 Å². The van der Waals surface area contributed by atoms with Gasteiger partial charge in [-0.3, -0.25) is 4.79 Å². The lowest BCUT2D eigenvalue weighted by molar-refractivity contribution is -0.117. The van der Waals surface area contributed by atoms with Crippen molar-refractivity contribution in [1.29, 1.82) is 0 Å². The Morgan fingerprint density at radius 1 is 1.23 bits per heavy atom. The predicted octanol–water partition coefficient (Wildman–Crippen LogP) is 2.35. The highest BCUT2D eigenvalue weighted by atomic mass is 19.1. The van der Waals surface area contributed by atoms with Gasteiger partial charge in [-0.1, -0.05) is 6.92 Å². The highest BCUT2D eigenvalue weighted by Crippen LogP contribution is 2.38. The van der Waals surface area contributed by atoms with Crippen LogP contribution in [0, 0.1) is 17.7 Å². The third kappa shape index (κ3) is 3.89. The van der Waals surface area contributed by atoms with Crippen LogP contribution in [-0.2, 0) is 9.53 Å². The number of morpholine rings is 1. The maximum Gasteiger partial charge on any atom is 0.228 e. The number of amides is 1. The van der Waals surface area contributed by atoms with Gasteiger partial charge in [0.15, 0.2) is 28.9 Å². The van der Waals surface area contributed by atoms with Crippen molar-refractivity contribution in [3.05, 3.63) is 30.3 Å². The molecule has 2 fully saturated rings. The summed E-state index contributed by atoms with van der Waals surface area (Å²) in [7, 11) is 1.74. The van der Waals surface area contributed by atoms with Crippen molar-refractivity contribution in [2.45, 2.75) is 13.3 Å². The molecule has 12 heteroatoms. The zero-order chi connectivity index (χ0) is 24.1. The molecule has 0 aromatic carbocycles. The summed E-state index contributed by atoms with van der Waals surface area (Å²) in [4.78, 5) is 23.3. The number of ether oxygens (including phenoxy) is 1. The summed E-state index contributed by atoms with van der Waals surface area (Å²) in [6.07, 6.45) is 4.16. The van der Waals surface area contributed by atoms with Gasteiger partial charge in [0, 0.05) is 49.3 Å². The maximum absolute atomic E-state index is 14.9. The summed E-state index contributed by atoms with van der Waals surface area (Å²) >= 11 is 0. The predicted molar refractivity (Wildman–Crippen MR) is 128 cm³/mol. The molecule has 1 aliphatic carbocycles. The number of fused-ring (bicyclic) bond motifs is 2. The second-order valence-corrected chi connectivity index (χ2v) is 8.92. The Labute approximate surface area is 199 Å². The van der Waals surface area contributed by atoms with Crippen LogP contribution < -0.4 is 15.5 Å². The van der Waals surface area contributed by atoms with Crippen LogP contribution in [0.3, 0.4) is 0 Å². The van der Waals surface area contributed by atoms with Gasteiger partial charge < -0.3 is 20.3 Å². The van der Waals surface area contributed by atoms with E-state index in [4.69, 9.17) is 4.74 Å². The second-order valence-electron chi connectivity index (χ2n) is 8.92. The number of carbonyl (C=O) groups excluding carboxylic acids is 1. The van der Waals surface area contributed by atoms with Gasteiger partial charge in [0.25, 0.3) is 0 Å². The molecule has 2 atom stereocenters. The molecule has 6 rings (SSSR count). The third-order valence-corrected chi connectivity index (χ3v) is 6.56. The average Bonchev–Trinajstić information content (AvgIpc) is 3.47. The van der Waals surface area contributed by atoms with Crippen molar-refractivity contribution in [3.63, 3.8) is 0 Å². The Kier molecular flexibility index (Phi) is 5.17. The lowest BCUT2D eigenvalue weighted by Gasteiger charge is -2.28. The van der Waals surface area contributed by atoms with Crippen LogP contribution in [0.2, 0.25) is 0 Å². The van der Waals surface area contributed by atoms with E-state index in [0.29, 0.717) is 77.5 Å². The van der Waals surface area contributed by atoms with Crippen molar-refractivity contribution in [3.8, 4) is 11.4 Å². The van der Waals surface area contributed by atoms with Gasteiger partial charge in [-0.05, 0) is 18.4 Å². The highest BCUT2D eigenvalue weighted by Gasteiger charge is 2.39. The molecule has 1 saturated heterocycles. The van der Waals surface area contributed by atoms with Crippen LogP contribution in [-0.4, -0.2) is 69.0 Å². The van der Waals surface area contributed by atoms with Gasteiger partial charge in [0.1, 0.15) is 5.52 Å². The van der Waals surface area contributed by atoms with Crippen LogP contribution in [0.4, 0.5) is 21.7 Å². The van der Waals surface area contributed by atoms with E-state index >= 15 is 0 Å². The number of hydrogen-bond donors (Lipinski definition) is 2. The molecule has 0 spiro atoms. The Balaban J connectivity index is 1.42. The van der Waals surface area contributed by atoms with Crippen LogP contribution in [0.5, 0.6) is 0 Å². The minimum absolute atomic E-state index is 0.00735. The SMILES string of the molecule is CNc1ncc(-c2nc3cc(F)c(N4CCOCC4)cn3n2)c2cc(NC(=O)[C@H]3C[C@H]3C)nnc12. The number of anilines is 3. The standard InChI is InChI=1S/C23H24FN9O2/c1-12-7-13(12)23(34)27-18-8-14-15(10-26-22(25-2)20(14)30-29-18)21-28-19-9-16(24)17(11-33(19)31-21)32-3-5-35-6-4-32/h8-13H,3-7H2,1-2H3,(H,25,26)(H,27,29,34)/t12-,13+/m1/s1. The van der Waals surface area contributed by atoms with Crippen LogP contribution in [0.25, 0.3) is 27.9 Å². The fraction of sp³-hybridized carbons (Fsp3) is 0.391. The smallest absolute Gasteiger partial charge is 0.228 e. The zero-order valence-corrected chi connectivity index (χ0v) is 19.3. The molecule has 4 aromatic heterocycles. The molecule has 35 heavy (non-hydrogen) atoms. The molecule has 5 heterocycles. The fourth-order valence-corrected chi connectivity index (χ4v) is 4.40. The molecule has 0 unspecified atom stereocenters. The Morgan fingerprint density at radius 3 is 2.77 bits per heavy atom. The zero-order valence-electron chi connectivity index (χ0n) is 19.3. The number of aromatic nitrogens is 6. The maximum atomic E-state index is 14.9. The summed E-state index contributed by atoms with van der Waals surface area (Å²) in [6.45, 7) is 4.36. The minimum atomic E-state index is -0.364. The van der Waals surface area contributed by atoms with E-state index in [-0.39, 0.29) is 17.6 Å². The number of pyridine rings is 2. The molecular formula is C23H24FN9O2. The monoisotopic (exact) mass is 477 g/mol. The second kappa shape index (κ2) is 8.38. The van der Waals surface area contributed by atoms with Gasteiger partial charge in [-0.25, -0.2) is 18.9 Å². The first-order valence-corrected chi connectivity index (χ1v) is 11.6. The molecule has 4 aromatic rings. The van der Waals surface area contributed by atoms with Gasteiger partial charge >= 0.3 is 0 Å². The fourth-order valence-electron chi connectivity index (χ4n) is 4.40. The Hall–Kier alpha value is -3.93. The van der Waals surface area contributed by atoms with Crippen LogP contribution >= 0.6 is 0 Å². The molecule has 2 aliphatic rings. The summed E-state index contributed by atoms with van der Waals surface area (Å²) in [5.41, 5.74) is 1.94. The van der Waals surface area contributed by atoms with Crippen molar-refractivity contribution in [2.75, 3.05) is 48.9 Å². The number of nitrogens with one attached hydrogen (secondary N) is 2. The first-order chi connectivity index (χ1) is 17.0. The number of hydrogen-bond acceptors (Lipinski definition) is 9. The topological polar surface area (TPSA) is 122 Å². The summed E-state index contributed by atoms with van der Waals surface area (Å²) < 4.78 is 21.8. The Morgan fingerprint density at radius 2 is 2.03 bits per heavy atom. The van der Waals surface area contributed by atoms with Crippen molar-refractivity contribution in [1.82, 2.24) is 29.8 Å². The molecule has 180 valence electrons. The molecule has 1 saturated carbocycles. The molecule has 0 radical (unpaired) electrons. The average molecular weight is 478 g/mol. The van der Waals surface area contributed by atoms with Gasteiger partial charge in [-0.15, -0.1) is 15.3 Å². The number of carbonyl (C=O) groups is 1. The van der Waals surface area contributed by atoms with Gasteiger partial charge in [-0.2, -0.15) is 0 Å². The number of nitrogens with zero attached hydrogens (tertiary/aromatic N) is 7. The van der Waals surface area contributed by atoms with Crippen molar-refractivity contribution >= 4 is 39.8 Å². The molecule has 11 nitrogen and oxygen atoms in total. The first kappa shape index (κ1) is 21.6. The lowest BCUT2D eigenvalue weighted by atomic mass is 10.1. The van der Waals surface area contributed by atoms with E-state index in [0.717, 1.165) is 6.42 Å². The summed E-state index contributed by atoms with van der Waals surface area (Å²) in [5.74, 6) is 1.21. The van der Waals surface area contributed by atoms with E-state index in [9.17, 15) is 9.18 Å². The van der Waals surface area contributed by atoms with Crippen LogP contribution in [0.1, 0.15) is 13.3 Å². The molecule has 1 amide bonds. The van der Waals surface area contributed by atoms with Crippen molar-refractivity contribution in [2.24, 2.45) is 11.8 Å². The molecule has 1 aliphatic heterocycles. The molecular weight excluding hydrogens is 453 g/mol. The lowest BCUT2D eigenvalue weighted by Crippen LogP contribution is -2.36. The molecule has 0 bridgehead atoms. The minimum Gasteiger partial charge on any atom is -0.378 e.